The Hall–Kier alpha value is -3.73. The zero-order valence-corrected chi connectivity index (χ0v) is 19.0. The Morgan fingerprint density at radius 2 is 1.88 bits per heavy atom. The van der Waals surface area contributed by atoms with Gasteiger partial charge in [-0.3, -0.25) is 24.1 Å². The van der Waals surface area contributed by atoms with Crippen molar-refractivity contribution in [3.63, 3.8) is 0 Å². The number of fused-ring (bicyclic) bond motifs is 2. The lowest BCUT2D eigenvalue weighted by atomic mass is 10.1. The minimum Gasteiger partial charge on any atom is -0.503 e. The topological polar surface area (TPSA) is 115 Å². The average molecular weight is 471 g/mol. The van der Waals surface area contributed by atoms with Crippen LogP contribution in [0.1, 0.15) is 32.8 Å². The monoisotopic (exact) mass is 471 g/mol. The molecule has 2 N–H and O–H groups in total. The largest absolute Gasteiger partial charge is 0.503 e. The van der Waals surface area contributed by atoms with E-state index >= 15 is 0 Å². The summed E-state index contributed by atoms with van der Waals surface area (Å²) < 4.78 is 14.5. The molecular formula is C23H26FN5O5. The van der Waals surface area contributed by atoms with Crippen molar-refractivity contribution in [2.75, 3.05) is 33.7 Å². The third-order valence-corrected chi connectivity index (χ3v) is 6.15. The zero-order valence-electron chi connectivity index (χ0n) is 19.0. The number of aromatic hydroxyl groups is 1. The summed E-state index contributed by atoms with van der Waals surface area (Å²) >= 11 is 0. The van der Waals surface area contributed by atoms with E-state index in [-0.39, 0.29) is 36.8 Å². The van der Waals surface area contributed by atoms with Crippen LogP contribution in [0.4, 0.5) is 4.39 Å². The van der Waals surface area contributed by atoms with Crippen LogP contribution < -0.4 is 10.7 Å². The van der Waals surface area contributed by atoms with E-state index in [2.05, 4.69) is 5.32 Å². The lowest BCUT2D eigenvalue weighted by Crippen LogP contribution is -2.62. The van der Waals surface area contributed by atoms with Crippen LogP contribution in [0, 0.1) is 5.82 Å². The molecule has 3 amide bonds. The molecule has 1 atom stereocenters. The van der Waals surface area contributed by atoms with E-state index in [1.807, 2.05) is 4.90 Å². The van der Waals surface area contributed by atoms with Crippen LogP contribution in [0.15, 0.2) is 35.3 Å². The van der Waals surface area contributed by atoms with Gasteiger partial charge in [-0.1, -0.05) is 12.1 Å². The molecule has 0 spiro atoms. The van der Waals surface area contributed by atoms with Crippen LogP contribution in [-0.4, -0.2) is 82.0 Å². The van der Waals surface area contributed by atoms with Gasteiger partial charge in [-0.25, -0.2) is 4.39 Å². The van der Waals surface area contributed by atoms with Gasteiger partial charge in [0.1, 0.15) is 17.5 Å². The Morgan fingerprint density at radius 1 is 1.18 bits per heavy atom. The molecule has 2 aromatic rings. The van der Waals surface area contributed by atoms with Crippen LogP contribution in [-0.2, 0) is 17.9 Å². The number of carbonyl (C=O) groups excluding carboxylic acids is 3. The lowest BCUT2D eigenvalue weighted by molar-refractivity contribution is -0.132. The van der Waals surface area contributed by atoms with Crippen LogP contribution in [0.2, 0.25) is 0 Å². The smallest absolute Gasteiger partial charge is 0.275 e. The van der Waals surface area contributed by atoms with Crippen molar-refractivity contribution in [3.8, 4) is 5.75 Å². The number of hydrogen-bond donors (Lipinski definition) is 2. The summed E-state index contributed by atoms with van der Waals surface area (Å²) in [6, 6.07) is 5.53. The van der Waals surface area contributed by atoms with E-state index in [4.69, 9.17) is 0 Å². The number of hydrogen-bond acceptors (Lipinski definition) is 6. The highest BCUT2D eigenvalue weighted by molar-refractivity contribution is 5.99. The molecule has 180 valence electrons. The molecule has 1 saturated heterocycles. The molecule has 1 aromatic carbocycles. The minimum absolute atomic E-state index is 0.0524. The van der Waals surface area contributed by atoms with Gasteiger partial charge < -0.3 is 24.8 Å². The number of nitrogens with one attached hydrogen (secondary N) is 1. The maximum Gasteiger partial charge on any atom is 0.275 e. The summed E-state index contributed by atoms with van der Waals surface area (Å²) in [5.41, 5.74) is -0.786. The summed E-state index contributed by atoms with van der Waals surface area (Å²) in [5, 5.41) is 13.1. The number of aromatic nitrogens is 1. The van der Waals surface area contributed by atoms with Gasteiger partial charge in [-0.15, -0.1) is 0 Å². The molecule has 2 aliphatic rings. The van der Waals surface area contributed by atoms with Gasteiger partial charge in [0.15, 0.2) is 11.4 Å². The van der Waals surface area contributed by atoms with Gasteiger partial charge in [0.05, 0.1) is 13.1 Å². The number of benzene rings is 1. The number of carbonyl (C=O) groups is 3. The summed E-state index contributed by atoms with van der Waals surface area (Å²) in [7, 11) is 3.32. The molecule has 4 rings (SSSR count). The number of pyridine rings is 1. The second kappa shape index (κ2) is 9.26. The first-order valence-corrected chi connectivity index (χ1v) is 10.9. The highest BCUT2D eigenvalue weighted by atomic mass is 19.1. The number of likely N-dealkylation sites (N-methyl/N-ethyl adjacent to an activating group) is 1. The van der Waals surface area contributed by atoms with Gasteiger partial charge in [-0.05, 0) is 24.1 Å². The van der Waals surface area contributed by atoms with Crippen molar-refractivity contribution in [1.82, 2.24) is 24.6 Å². The van der Waals surface area contributed by atoms with E-state index in [0.717, 1.165) is 0 Å². The molecule has 1 fully saturated rings. The molecule has 0 aliphatic carbocycles. The van der Waals surface area contributed by atoms with E-state index in [1.54, 1.807) is 19.0 Å². The molecule has 3 heterocycles. The maximum absolute atomic E-state index is 13.2. The quantitative estimate of drug-likeness (QED) is 0.644. The highest BCUT2D eigenvalue weighted by Crippen LogP contribution is 2.28. The molecule has 1 unspecified atom stereocenters. The summed E-state index contributed by atoms with van der Waals surface area (Å²) in [5.74, 6) is -2.54. The number of rotatable bonds is 5. The SMILES string of the molecule is CN(C)C(=O)CN1CCCN2C(=O)c3c(O)c(=O)c(C(=O)NCc4ccc(F)cc4)cn3CC12. The normalized spacial score (nSPS) is 17.7. The maximum atomic E-state index is 13.2. The molecule has 11 heteroatoms. The fourth-order valence-electron chi connectivity index (χ4n) is 4.26. The third kappa shape index (κ3) is 4.38. The van der Waals surface area contributed by atoms with E-state index < -0.39 is 35.0 Å². The number of nitrogens with zero attached hydrogens (tertiary/aromatic N) is 4. The fourth-order valence-corrected chi connectivity index (χ4v) is 4.26. The van der Waals surface area contributed by atoms with Crippen LogP contribution in [0.3, 0.4) is 0 Å². The molecular weight excluding hydrogens is 445 g/mol. The lowest BCUT2D eigenvalue weighted by Gasteiger charge is -2.47. The molecule has 2 aliphatic heterocycles. The van der Waals surface area contributed by atoms with Gasteiger partial charge in [0.2, 0.25) is 11.3 Å². The van der Waals surface area contributed by atoms with Crippen molar-refractivity contribution in [3.05, 3.63) is 63.3 Å². The first kappa shape index (κ1) is 23.4. The first-order chi connectivity index (χ1) is 16.2. The summed E-state index contributed by atoms with van der Waals surface area (Å²) in [6.07, 6.45) is 1.47. The van der Waals surface area contributed by atoms with Crippen LogP contribution in [0.25, 0.3) is 0 Å². The zero-order chi connectivity index (χ0) is 24.6. The van der Waals surface area contributed by atoms with Gasteiger partial charge in [-0.2, -0.15) is 0 Å². The number of amides is 3. The highest BCUT2D eigenvalue weighted by Gasteiger charge is 2.41. The Kier molecular flexibility index (Phi) is 6.38. The average Bonchev–Trinajstić information content (AvgIpc) is 2.81. The second-order valence-corrected chi connectivity index (χ2v) is 8.62. The molecule has 0 saturated carbocycles. The van der Waals surface area contributed by atoms with Gasteiger partial charge in [0.25, 0.3) is 11.8 Å². The van der Waals surface area contributed by atoms with Gasteiger partial charge >= 0.3 is 0 Å². The Labute approximate surface area is 195 Å². The van der Waals surface area contributed by atoms with Crippen molar-refractivity contribution < 1.29 is 23.9 Å². The molecule has 34 heavy (non-hydrogen) atoms. The van der Waals surface area contributed by atoms with Crippen molar-refractivity contribution in [2.45, 2.75) is 25.7 Å². The predicted molar refractivity (Wildman–Crippen MR) is 120 cm³/mol. The summed E-state index contributed by atoms with van der Waals surface area (Å²) in [6.45, 7) is 1.41. The molecule has 0 bridgehead atoms. The Bertz CT molecular complexity index is 1190. The van der Waals surface area contributed by atoms with Crippen LogP contribution in [0.5, 0.6) is 5.75 Å². The first-order valence-electron chi connectivity index (χ1n) is 10.9. The standard InChI is InChI=1S/C23H26FN5O5/c1-26(2)18(30)13-27-8-3-9-29-17(27)12-28-11-16(20(31)21(32)19(28)23(29)34)22(33)25-10-14-4-6-15(24)7-5-14/h4-7,11,17,32H,3,8-10,12-13H2,1-2H3,(H,25,33). The number of halogens is 1. The predicted octanol–water partition coefficient (Wildman–Crippen LogP) is 0.199. The molecule has 0 radical (unpaired) electrons. The van der Waals surface area contributed by atoms with Gasteiger partial charge in [0, 0.05) is 39.9 Å². The molecule has 1 aromatic heterocycles. The Morgan fingerprint density at radius 3 is 2.56 bits per heavy atom. The third-order valence-electron chi connectivity index (χ3n) is 6.15. The minimum atomic E-state index is -0.939. The second-order valence-electron chi connectivity index (χ2n) is 8.62. The Balaban J connectivity index is 1.61. The fraction of sp³-hybridized carbons (Fsp3) is 0.391. The van der Waals surface area contributed by atoms with E-state index in [0.29, 0.717) is 25.1 Å². The van der Waals surface area contributed by atoms with Crippen molar-refractivity contribution >= 4 is 17.7 Å². The van der Waals surface area contributed by atoms with Crippen molar-refractivity contribution in [2.24, 2.45) is 0 Å². The van der Waals surface area contributed by atoms with E-state index in [1.165, 1.54) is 39.9 Å². The van der Waals surface area contributed by atoms with Crippen LogP contribution >= 0.6 is 0 Å². The van der Waals surface area contributed by atoms with Crippen molar-refractivity contribution in [1.29, 1.82) is 0 Å². The van der Waals surface area contributed by atoms with E-state index in [9.17, 15) is 28.7 Å². The summed E-state index contributed by atoms with van der Waals surface area (Å²) in [4.78, 5) is 55.8. The molecule has 10 nitrogen and oxygen atoms in total.